The summed E-state index contributed by atoms with van der Waals surface area (Å²) in [6.07, 6.45) is 1.16. The normalized spacial score (nSPS) is 9.70. The molecule has 0 aromatic carbocycles. The molecule has 0 radical (unpaired) electrons. The highest BCUT2D eigenvalue weighted by molar-refractivity contribution is 5.29. The van der Waals surface area contributed by atoms with Crippen LogP contribution in [0, 0.1) is 10.1 Å². The molecular weight excluding hydrogens is 139 g/mol. The topological polar surface area (TPSA) is 58.9 Å². The second-order valence-corrected chi connectivity index (χ2v) is 1.77. The van der Waals surface area contributed by atoms with E-state index in [1.807, 2.05) is 0 Å². The number of alkyl halides is 1. The number of nitrogens with one attached hydrogen (secondary N) is 1. The molecule has 1 aromatic heterocycles. The first-order valence-corrected chi connectivity index (χ1v) is 2.61. The first-order valence-electron chi connectivity index (χ1n) is 2.61. The Hall–Kier alpha value is -1.39. The molecule has 0 aliphatic heterocycles. The van der Waals surface area contributed by atoms with Crippen molar-refractivity contribution < 1.29 is 9.31 Å². The molecule has 5 heteroatoms. The molecule has 0 saturated carbocycles. The van der Waals surface area contributed by atoms with Crippen molar-refractivity contribution >= 4 is 5.69 Å². The van der Waals surface area contributed by atoms with Gasteiger partial charge in [-0.1, -0.05) is 0 Å². The molecule has 0 bridgehead atoms. The van der Waals surface area contributed by atoms with Crippen molar-refractivity contribution in [1.29, 1.82) is 0 Å². The molecule has 4 nitrogen and oxygen atoms in total. The minimum Gasteiger partial charge on any atom is -0.357 e. The first kappa shape index (κ1) is 6.73. The second kappa shape index (κ2) is 2.47. The molecule has 1 rings (SSSR count). The number of nitro groups is 1. The van der Waals surface area contributed by atoms with Crippen LogP contribution in [-0.4, -0.2) is 9.91 Å². The maximum atomic E-state index is 11.7. The fraction of sp³-hybridized carbons (Fsp3) is 0.200. The van der Waals surface area contributed by atoms with Gasteiger partial charge in [-0.2, -0.15) is 0 Å². The highest BCUT2D eigenvalue weighted by Crippen LogP contribution is 2.12. The number of rotatable bonds is 2. The fourth-order valence-electron chi connectivity index (χ4n) is 0.611. The Morgan fingerprint density at radius 3 is 2.80 bits per heavy atom. The van der Waals surface area contributed by atoms with E-state index in [0.717, 1.165) is 6.20 Å². The van der Waals surface area contributed by atoms with Crippen molar-refractivity contribution in [2.75, 3.05) is 0 Å². The molecule has 1 heterocycles. The Morgan fingerprint density at radius 2 is 2.50 bits per heavy atom. The number of aromatic nitrogens is 1. The summed E-state index contributed by atoms with van der Waals surface area (Å²) in [5, 5.41) is 9.99. The lowest BCUT2D eigenvalue weighted by molar-refractivity contribution is -0.384. The molecule has 0 spiro atoms. The zero-order chi connectivity index (χ0) is 7.56. The monoisotopic (exact) mass is 144 g/mol. The van der Waals surface area contributed by atoms with Gasteiger partial charge in [0.25, 0.3) is 5.69 Å². The van der Waals surface area contributed by atoms with Gasteiger partial charge in [0.2, 0.25) is 0 Å². The van der Waals surface area contributed by atoms with E-state index >= 15 is 0 Å². The summed E-state index contributed by atoms with van der Waals surface area (Å²) in [4.78, 5) is 11.8. The lowest BCUT2D eigenvalue weighted by Gasteiger charge is -1.79. The Labute approximate surface area is 55.8 Å². The van der Waals surface area contributed by atoms with Gasteiger partial charge in [-0.15, -0.1) is 0 Å². The molecule has 54 valence electrons. The SMILES string of the molecule is O=[N+]([O-])c1c[nH]c(CF)c1. The number of nitrogens with zero attached hydrogens (tertiary/aromatic N) is 1. The lowest BCUT2D eigenvalue weighted by atomic mass is 10.4. The minimum atomic E-state index is -0.701. The molecule has 0 unspecified atom stereocenters. The molecule has 0 fully saturated rings. The second-order valence-electron chi connectivity index (χ2n) is 1.77. The molecule has 0 atom stereocenters. The van der Waals surface area contributed by atoms with E-state index in [2.05, 4.69) is 4.98 Å². The zero-order valence-electron chi connectivity index (χ0n) is 5.00. The van der Waals surface area contributed by atoms with Gasteiger partial charge in [-0.25, -0.2) is 4.39 Å². The van der Waals surface area contributed by atoms with Crippen LogP contribution in [0.5, 0.6) is 0 Å². The van der Waals surface area contributed by atoms with Crippen LogP contribution in [0.2, 0.25) is 0 Å². The maximum Gasteiger partial charge on any atom is 0.287 e. The molecule has 1 N–H and O–H groups in total. The number of H-pyrrole nitrogens is 1. The zero-order valence-corrected chi connectivity index (χ0v) is 5.00. The molecule has 0 saturated heterocycles. The van der Waals surface area contributed by atoms with E-state index in [4.69, 9.17) is 0 Å². The van der Waals surface area contributed by atoms with Crippen LogP contribution in [0.4, 0.5) is 10.1 Å². The molecule has 10 heavy (non-hydrogen) atoms. The Bertz CT molecular complexity index is 246. The fourth-order valence-corrected chi connectivity index (χ4v) is 0.611. The number of hydrogen-bond acceptors (Lipinski definition) is 2. The van der Waals surface area contributed by atoms with Gasteiger partial charge in [0.15, 0.2) is 0 Å². The van der Waals surface area contributed by atoms with Crippen molar-refractivity contribution in [1.82, 2.24) is 4.98 Å². The van der Waals surface area contributed by atoms with Crippen molar-refractivity contribution in [2.24, 2.45) is 0 Å². The van der Waals surface area contributed by atoms with Crippen molar-refractivity contribution in [3.63, 3.8) is 0 Å². The van der Waals surface area contributed by atoms with Crippen molar-refractivity contribution in [2.45, 2.75) is 6.67 Å². The largest absolute Gasteiger partial charge is 0.357 e. The highest BCUT2D eigenvalue weighted by atomic mass is 19.1. The average molecular weight is 144 g/mol. The van der Waals surface area contributed by atoms with E-state index < -0.39 is 11.6 Å². The summed E-state index contributed by atoms with van der Waals surface area (Å²) in [5.41, 5.74) is 0.124. The third kappa shape index (κ3) is 1.12. The van der Waals surface area contributed by atoms with E-state index in [-0.39, 0.29) is 11.4 Å². The van der Waals surface area contributed by atoms with Gasteiger partial charge in [-0.05, 0) is 0 Å². The summed E-state index contributed by atoms with van der Waals surface area (Å²) in [7, 11) is 0. The van der Waals surface area contributed by atoms with Crippen LogP contribution in [0.3, 0.4) is 0 Å². The van der Waals surface area contributed by atoms with Crippen molar-refractivity contribution in [3.8, 4) is 0 Å². The lowest BCUT2D eigenvalue weighted by Crippen LogP contribution is -1.82. The molecule has 0 aliphatic carbocycles. The first-order chi connectivity index (χ1) is 4.74. The Balaban J connectivity index is 2.88. The van der Waals surface area contributed by atoms with Gasteiger partial charge in [0, 0.05) is 6.07 Å². The number of aromatic amines is 1. The van der Waals surface area contributed by atoms with Crippen LogP contribution in [-0.2, 0) is 6.67 Å². The minimum absolute atomic E-state index is 0.104. The van der Waals surface area contributed by atoms with Gasteiger partial charge in [0.05, 0.1) is 16.8 Å². The maximum absolute atomic E-state index is 11.7. The predicted molar refractivity (Wildman–Crippen MR) is 32.3 cm³/mol. The van der Waals surface area contributed by atoms with Crippen LogP contribution in [0.25, 0.3) is 0 Å². The Morgan fingerprint density at radius 1 is 1.80 bits per heavy atom. The molecule has 0 amide bonds. The molecular formula is C5H5FN2O2. The number of hydrogen-bond donors (Lipinski definition) is 1. The van der Waals surface area contributed by atoms with Crippen LogP contribution in [0.1, 0.15) is 5.69 Å². The van der Waals surface area contributed by atoms with Crippen LogP contribution in [0.15, 0.2) is 12.3 Å². The van der Waals surface area contributed by atoms with E-state index in [1.165, 1.54) is 6.07 Å². The van der Waals surface area contributed by atoms with Crippen molar-refractivity contribution in [3.05, 3.63) is 28.1 Å². The van der Waals surface area contributed by atoms with Gasteiger partial charge in [-0.3, -0.25) is 10.1 Å². The Kier molecular flexibility index (Phi) is 1.66. The standard InChI is InChI=1S/C5H5FN2O2/c6-2-4-1-5(3-7-4)8(9)10/h1,3,7H,2H2. The van der Waals surface area contributed by atoms with Gasteiger partial charge in [0.1, 0.15) is 6.67 Å². The van der Waals surface area contributed by atoms with Gasteiger partial charge >= 0.3 is 0 Å². The third-order valence-electron chi connectivity index (χ3n) is 1.08. The van der Waals surface area contributed by atoms with Gasteiger partial charge < -0.3 is 4.98 Å². The smallest absolute Gasteiger partial charge is 0.287 e. The summed E-state index contributed by atoms with van der Waals surface area (Å²) in [6.45, 7) is -0.701. The van der Waals surface area contributed by atoms with E-state index in [0.29, 0.717) is 0 Å². The average Bonchev–Trinajstić information content (AvgIpc) is 2.34. The van der Waals surface area contributed by atoms with Crippen LogP contribution >= 0.6 is 0 Å². The van der Waals surface area contributed by atoms with E-state index in [1.54, 1.807) is 0 Å². The molecule has 1 aromatic rings. The molecule has 0 aliphatic rings. The van der Waals surface area contributed by atoms with E-state index in [9.17, 15) is 14.5 Å². The quantitative estimate of drug-likeness (QED) is 0.503. The summed E-state index contributed by atoms with van der Waals surface area (Å²) in [5.74, 6) is 0. The number of halogens is 1. The summed E-state index contributed by atoms with van der Waals surface area (Å²) >= 11 is 0. The van der Waals surface area contributed by atoms with Crippen LogP contribution < -0.4 is 0 Å². The summed E-state index contributed by atoms with van der Waals surface area (Å²) < 4.78 is 11.7. The predicted octanol–water partition coefficient (Wildman–Crippen LogP) is 1.39. The summed E-state index contributed by atoms with van der Waals surface area (Å²) in [6, 6.07) is 1.17. The third-order valence-corrected chi connectivity index (χ3v) is 1.08. The highest BCUT2D eigenvalue weighted by Gasteiger charge is 2.06.